The predicted octanol–water partition coefficient (Wildman–Crippen LogP) is 3.93. The van der Waals surface area contributed by atoms with Crippen LogP contribution in [0.5, 0.6) is 0 Å². The summed E-state index contributed by atoms with van der Waals surface area (Å²) in [6, 6.07) is 15.8. The van der Waals surface area contributed by atoms with Crippen molar-refractivity contribution in [3.63, 3.8) is 0 Å². The van der Waals surface area contributed by atoms with Gasteiger partial charge in [-0.2, -0.15) is 4.98 Å². The SMILES string of the molecule is COCCCNc1oc(-c2cccc(C)c2)nc1S(=O)(=O)c1ccccc1. The van der Waals surface area contributed by atoms with Crippen molar-refractivity contribution in [3.8, 4) is 11.5 Å². The average Bonchev–Trinajstić information content (AvgIpc) is 3.11. The minimum Gasteiger partial charge on any atom is -0.419 e. The van der Waals surface area contributed by atoms with Gasteiger partial charge in [0.25, 0.3) is 0 Å². The molecule has 0 saturated carbocycles. The van der Waals surface area contributed by atoms with Crippen LogP contribution in [0.1, 0.15) is 12.0 Å². The van der Waals surface area contributed by atoms with Gasteiger partial charge in [-0.25, -0.2) is 8.42 Å². The number of benzene rings is 2. The van der Waals surface area contributed by atoms with E-state index in [4.69, 9.17) is 9.15 Å². The van der Waals surface area contributed by atoms with Crippen LogP contribution in [0.15, 0.2) is 68.9 Å². The molecule has 3 aromatic rings. The van der Waals surface area contributed by atoms with Crippen molar-refractivity contribution in [3.05, 3.63) is 60.2 Å². The lowest BCUT2D eigenvalue weighted by Crippen LogP contribution is -2.09. The second-order valence-corrected chi connectivity index (χ2v) is 7.98. The van der Waals surface area contributed by atoms with Gasteiger partial charge in [-0.1, -0.05) is 35.9 Å². The molecule has 142 valence electrons. The first-order chi connectivity index (χ1) is 13.0. The van der Waals surface area contributed by atoms with E-state index >= 15 is 0 Å². The van der Waals surface area contributed by atoms with Crippen LogP contribution in [0.25, 0.3) is 11.5 Å². The summed E-state index contributed by atoms with van der Waals surface area (Å²) in [6.07, 6.45) is 0.710. The topological polar surface area (TPSA) is 81.4 Å². The summed E-state index contributed by atoms with van der Waals surface area (Å²) in [5.41, 5.74) is 1.76. The Morgan fingerprint density at radius 2 is 1.89 bits per heavy atom. The molecule has 2 aromatic carbocycles. The molecular weight excluding hydrogens is 364 g/mol. The van der Waals surface area contributed by atoms with Crippen molar-refractivity contribution in [1.82, 2.24) is 4.98 Å². The zero-order valence-corrected chi connectivity index (χ0v) is 16.1. The highest BCUT2D eigenvalue weighted by Gasteiger charge is 2.28. The zero-order valence-electron chi connectivity index (χ0n) is 15.3. The lowest BCUT2D eigenvalue weighted by molar-refractivity contribution is 0.197. The minimum absolute atomic E-state index is 0.109. The molecule has 1 heterocycles. The number of aromatic nitrogens is 1. The molecule has 6 nitrogen and oxygen atoms in total. The van der Waals surface area contributed by atoms with Crippen molar-refractivity contribution < 1.29 is 17.6 Å². The number of sulfone groups is 1. The van der Waals surface area contributed by atoms with Gasteiger partial charge in [0, 0.05) is 25.8 Å². The number of hydrogen-bond donors (Lipinski definition) is 1. The monoisotopic (exact) mass is 386 g/mol. The molecule has 1 aromatic heterocycles. The fraction of sp³-hybridized carbons (Fsp3) is 0.250. The number of ether oxygens (including phenoxy) is 1. The Kier molecular flexibility index (Phi) is 5.93. The van der Waals surface area contributed by atoms with Gasteiger partial charge in [0.2, 0.25) is 26.6 Å². The quantitative estimate of drug-likeness (QED) is 0.591. The van der Waals surface area contributed by atoms with Crippen LogP contribution in [0, 0.1) is 6.92 Å². The van der Waals surface area contributed by atoms with Gasteiger partial charge in [0.1, 0.15) is 0 Å². The smallest absolute Gasteiger partial charge is 0.233 e. The van der Waals surface area contributed by atoms with E-state index in [2.05, 4.69) is 10.3 Å². The summed E-state index contributed by atoms with van der Waals surface area (Å²) in [6.45, 7) is 3.03. The summed E-state index contributed by atoms with van der Waals surface area (Å²) >= 11 is 0. The molecule has 0 spiro atoms. The average molecular weight is 386 g/mol. The molecule has 0 aliphatic heterocycles. The number of hydrogen-bond acceptors (Lipinski definition) is 6. The fourth-order valence-electron chi connectivity index (χ4n) is 2.63. The van der Waals surface area contributed by atoms with E-state index in [9.17, 15) is 8.42 Å². The van der Waals surface area contributed by atoms with E-state index in [1.165, 1.54) is 0 Å². The van der Waals surface area contributed by atoms with Crippen molar-refractivity contribution in [2.24, 2.45) is 0 Å². The molecule has 7 heteroatoms. The fourth-order valence-corrected chi connectivity index (χ4v) is 3.93. The van der Waals surface area contributed by atoms with Crippen molar-refractivity contribution in [2.75, 3.05) is 25.6 Å². The Morgan fingerprint density at radius 3 is 2.59 bits per heavy atom. The second-order valence-electron chi connectivity index (χ2n) is 6.11. The number of oxazole rings is 1. The molecule has 1 N–H and O–H groups in total. The number of nitrogens with zero attached hydrogens (tertiary/aromatic N) is 1. The lowest BCUT2D eigenvalue weighted by atomic mass is 10.1. The van der Waals surface area contributed by atoms with Gasteiger partial charge in [0.15, 0.2) is 0 Å². The molecular formula is C20H22N2O4S. The molecule has 0 amide bonds. The minimum atomic E-state index is -3.81. The van der Waals surface area contributed by atoms with E-state index in [0.717, 1.165) is 11.1 Å². The highest BCUT2D eigenvalue weighted by Crippen LogP contribution is 2.32. The van der Waals surface area contributed by atoms with E-state index in [0.29, 0.717) is 19.6 Å². The number of aryl methyl sites for hydroxylation is 1. The van der Waals surface area contributed by atoms with Gasteiger partial charge in [-0.15, -0.1) is 0 Å². The maximum atomic E-state index is 13.1. The van der Waals surface area contributed by atoms with Gasteiger partial charge in [0.05, 0.1) is 4.90 Å². The predicted molar refractivity (Wildman–Crippen MR) is 104 cm³/mol. The van der Waals surface area contributed by atoms with Crippen LogP contribution in [0.3, 0.4) is 0 Å². The summed E-state index contributed by atoms with van der Waals surface area (Å²) < 4.78 is 37.0. The first kappa shape index (κ1) is 19.1. The number of rotatable bonds is 8. The normalized spacial score (nSPS) is 11.5. The van der Waals surface area contributed by atoms with Crippen molar-refractivity contribution in [1.29, 1.82) is 0 Å². The van der Waals surface area contributed by atoms with Crippen LogP contribution < -0.4 is 5.32 Å². The summed E-state index contributed by atoms with van der Waals surface area (Å²) in [5, 5.41) is 2.93. The number of nitrogens with one attached hydrogen (secondary N) is 1. The molecule has 0 fully saturated rings. The van der Waals surface area contributed by atoms with E-state index < -0.39 is 9.84 Å². The Bertz CT molecular complexity index is 998. The highest BCUT2D eigenvalue weighted by atomic mass is 32.2. The van der Waals surface area contributed by atoms with Gasteiger partial charge in [-0.05, 0) is 37.6 Å². The molecule has 0 radical (unpaired) electrons. The Morgan fingerprint density at radius 1 is 1.11 bits per heavy atom. The van der Waals surface area contributed by atoms with Crippen LogP contribution in [0.2, 0.25) is 0 Å². The van der Waals surface area contributed by atoms with Gasteiger partial charge < -0.3 is 14.5 Å². The standard InChI is InChI=1S/C20H22N2O4S/c1-15-8-6-9-16(14-15)18-22-20(19(26-18)21-12-7-13-25-2)27(23,24)17-10-4-3-5-11-17/h3-6,8-11,14,21H,7,12-13H2,1-2H3. The zero-order chi connectivity index (χ0) is 19.3. The van der Waals surface area contributed by atoms with Crippen molar-refractivity contribution in [2.45, 2.75) is 23.3 Å². The third-order valence-corrected chi connectivity index (χ3v) is 5.66. The van der Waals surface area contributed by atoms with Crippen LogP contribution in [-0.2, 0) is 14.6 Å². The summed E-state index contributed by atoms with van der Waals surface area (Å²) in [7, 11) is -2.19. The van der Waals surface area contributed by atoms with Crippen LogP contribution in [0.4, 0.5) is 5.88 Å². The van der Waals surface area contributed by atoms with E-state index in [1.807, 2.05) is 31.2 Å². The van der Waals surface area contributed by atoms with Gasteiger partial charge >= 0.3 is 0 Å². The number of anilines is 1. The molecule has 0 aliphatic carbocycles. The first-order valence-electron chi connectivity index (χ1n) is 8.63. The van der Waals surface area contributed by atoms with Crippen LogP contribution in [-0.4, -0.2) is 33.7 Å². The Balaban J connectivity index is 2.02. The first-order valence-corrected chi connectivity index (χ1v) is 10.1. The molecule has 0 atom stereocenters. The lowest BCUT2D eigenvalue weighted by Gasteiger charge is -2.05. The molecule has 0 aliphatic rings. The molecule has 3 rings (SSSR count). The van der Waals surface area contributed by atoms with E-state index in [-0.39, 0.29) is 21.7 Å². The largest absolute Gasteiger partial charge is 0.419 e. The number of methoxy groups -OCH3 is 1. The molecule has 0 saturated heterocycles. The third-order valence-electron chi connectivity index (χ3n) is 3.98. The maximum Gasteiger partial charge on any atom is 0.233 e. The summed E-state index contributed by atoms with van der Waals surface area (Å²) in [5.74, 6) is 0.411. The molecule has 27 heavy (non-hydrogen) atoms. The van der Waals surface area contributed by atoms with Gasteiger partial charge in [-0.3, -0.25) is 0 Å². The van der Waals surface area contributed by atoms with Crippen LogP contribution >= 0.6 is 0 Å². The molecule has 0 unspecified atom stereocenters. The Labute approximate surface area is 159 Å². The van der Waals surface area contributed by atoms with Crippen molar-refractivity contribution >= 4 is 15.7 Å². The van der Waals surface area contributed by atoms with E-state index in [1.54, 1.807) is 37.4 Å². The third kappa shape index (κ3) is 4.37. The second kappa shape index (κ2) is 8.37. The highest BCUT2D eigenvalue weighted by molar-refractivity contribution is 7.91. The summed E-state index contributed by atoms with van der Waals surface area (Å²) in [4.78, 5) is 4.50. The Hall–Kier alpha value is -2.64. The molecule has 0 bridgehead atoms. The maximum absolute atomic E-state index is 13.1.